The molecule has 1 aliphatic rings. The van der Waals surface area contributed by atoms with Crippen LogP contribution in [-0.4, -0.2) is 29.9 Å². The molecule has 0 saturated carbocycles. The number of aromatic nitrogens is 1. The number of hydrogen-bond acceptors (Lipinski definition) is 7. The summed E-state index contributed by atoms with van der Waals surface area (Å²) in [6, 6.07) is 11.9. The van der Waals surface area contributed by atoms with Crippen LogP contribution in [0.3, 0.4) is 0 Å². The van der Waals surface area contributed by atoms with Crippen molar-refractivity contribution in [1.29, 1.82) is 0 Å². The van der Waals surface area contributed by atoms with E-state index in [4.69, 9.17) is 25.8 Å². The number of thiazole rings is 1. The summed E-state index contributed by atoms with van der Waals surface area (Å²) in [4.78, 5) is 32.2. The minimum absolute atomic E-state index is 0.104. The first kappa shape index (κ1) is 26.7. The third-order valence-electron chi connectivity index (χ3n) is 5.65. The minimum atomic E-state index is -0.766. The Bertz CT molecular complexity index is 1540. The van der Waals surface area contributed by atoms with Crippen LogP contribution in [0.2, 0.25) is 5.02 Å². The smallest absolute Gasteiger partial charge is 0.338 e. The summed E-state index contributed by atoms with van der Waals surface area (Å²) >= 11 is 7.48. The van der Waals surface area contributed by atoms with Crippen molar-refractivity contribution in [1.82, 2.24) is 4.57 Å². The van der Waals surface area contributed by atoms with E-state index < -0.39 is 12.0 Å². The predicted molar refractivity (Wildman–Crippen MR) is 145 cm³/mol. The largest absolute Gasteiger partial charge is 0.493 e. The number of rotatable bonds is 8. The summed E-state index contributed by atoms with van der Waals surface area (Å²) in [5, 5.41) is 0.528. The summed E-state index contributed by atoms with van der Waals surface area (Å²) in [5.41, 5.74) is 1.87. The summed E-state index contributed by atoms with van der Waals surface area (Å²) in [7, 11) is 0. The second kappa shape index (κ2) is 11.4. The minimum Gasteiger partial charge on any atom is -0.493 e. The molecule has 2 aromatic carbocycles. The van der Waals surface area contributed by atoms with E-state index in [1.807, 2.05) is 45.0 Å². The van der Waals surface area contributed by atoms with Crippen LogP contribution in [-0.2, 0) is 9.53 Å². The van der Waals surface area contributed by atoms with E-state index in [9.17, 15) is 9.59 Å². The molecule has 0 spiro atoms. The molecule has 0 aliphatic carbocycles. The molecule has 3 aromatic rings. The van der Waals surface area contributed by atoms with Gasteiger partial charge in [-0.2, -0.15) is 0 Å². The standard InChI is InChI=1S/C28H29ClN2O5S/c1-6-34-21-13-12-19(29)14-18(21)15-23-26(32)31-25(20-10-8-9-11-22(20)36-16(3)4)24(27(33)35-7-2)17(5)30-28(31)37-23/h8-16,25H,6-7H2,1-5H3. The van der Waals surface area contributed by atoms with Gasteiger partial charge in [-0.25, -0.2) is 9.79 Å². The number of nitrogens with zero attached hydrogens (tertiary/aromatic N) is 2. The van der Waals surface area contributed by atoms with E-state index >= 15 is 0 Å². The third-order valence-corrected chi connectivity index (χ3v) is 6.87. The van der Waals surface area contributed by atoms with Crippen molar-refractivity contribution in [3.8, 4) is 11.5 Å². The summed E-state index contributed by atoms with van der Waals surface area (Å²) in [6.45, 7) is 9.92. The quantitative estimate of drug-likeness (QED) is 0.389. The van der Waals surface area contributed by atoms with Crippen LogP contribution >= 0.6 is 22.9 Å². The number of para-hydroxylation sites is 1. The number of hydrogen-bond donors (Lipinski definition) is 0. The Balaban J connectivity index is 1.99. The Morgan fingerprint density at radius 2 is 1.92 bits per heavy atom. The van der Waals surface area contributed by atoms with Gasteiger partial charge in [0.05, 0.1) is 35.1 Å². The normalized spacial score (nSPS) is 15.4. The lowest BCUT2D eigenvalue weighted by molar-refractivity contribution is -0.139. The van der Waals surface area contributed by atoms with E-state index in [0.717, 1.165) is 0 Å². The highest BCUT2D eigenvalue weighted by atomic mass is 35.5. The zero-order valence-electron chi connectivity index (χ0n) is 21.4. The molecule has 1 atom stereocenters. The molecule has 0 bridgehead atoms. The van der Waals surface area contributed by atoms with Gasteiger partial charge in [-0.05, 0) is 65.0 Å². The zero-order valence-corrected chi connectivity index (χ0v) is 23.0. The van der Waals surface area contributed by atoms with Gasteiger partial charge in [0.1, 0.15) is 17.5 Å². The molecular weight excluding hydrogens is 512 g/mol. The molecule has 194 valence electrons. The van der Waals surface area contributed by atoms with Crippen molar-refractivity contribution < 1.29 is 19.0 Å². The maximum Gasteiger partial charge on any atom is 0.338 e. The molecule has 4 rings (SSSR count). The van der Waals surface area contributed by atoms with Crippen LogP contribution in [0.25, 0.3) is 6.08 Å². The molecule has 0 radical (unpaired) electrons. The molecular formula is C28H29ClN2O5S. The lowest BCUT2D eigenvalue weighted by atomic mass is 9.95. The molecule has 1 aromatic heterocycles. The molecule has 1 unspecified atom stereocenters. The number of esters is 1. The molecule has 0 amide bonds. The SMILES string of the molecule is CCOC(=O)C1=C(C)N=c2sc(=Cc3cc(Cl)ccc3OCC)c(=O)n2C1c1ccccc1OC(C)C. The van der Waals surface area contributed by atoms with Crippen molar-refractivity contribution in [3.63, 3.8) is 0 Å². The highest BCUT2D eigenvalue weighted by Crippen LogP contribution is 2.36. The van der Waals surface area contributed by atoms with E-state index in [-0.39, 0.29) is 18.3 Å². The van der Waals surface area contributed by atoms with Crippen LogP contribution in [0.5, 0.6) is 11.5 Å². The van der Waals surface area contributed by atoms with E-state index in [1.54, 1.807) is 42.7 Å². The lowest BCUT2D eigenvalue weighted by Crippen LogP contribution is -2.40. The van der Waals surface area contributed by atoms with Gasteiger partial charge in [0, 0.05) is 16.1 Å². The van der Waals surface area contributed by atoms with Gasteiger partial charge in [-0.1, -0.05) is 41.1 Å². The van der Waals surface area contributed by atoms with Crippen LogP contribution in [0, 0.1) is 0 Å². The maximum absolute atomic E-state index is 13.9. The van der Waals surface area contributed by atoms with Gasteiger partial charge in [0.2, 0.25) is 0 Å². The van der Waals surface area contributed by atoms with E-state index in [1.165, 1.54) is 11.3 Å². The van der Waals surface area contributed by atoms with Crippen LogP contribution in [0.15, 0.2) is 63.5 Å². The van der Waals surface area contributed by atoms with Gasteiger partial charge in [-0.15, -0.1) is 0 Å². The number of carbonyl (C=O) groups is 1. The maximum atomic E-state index is 13.9. The summed E-state index contributed by atoms with van der Waals surface area (Å²) < 4.78 is 19.2. The number of ether oxygens (including phenoxy) is 3. The number of halogens is 1. The average molecular weight is 541 g/mol. The molecule has 37 heavy (non-hydrogen) atoms. The first-order chi connectivity index (χ1) is 17.7. The number of fused-ring (bicyclic) bond motifs is 1. The fourth-order valence-electron chi connectivity index (χ4n) is 4.21. The second-order valence-electron chi connectivity index (χ2n) is 8.62. The number of benzene rings is 2. The topological polar surface area (TPSA) is 79.1 Å². The van der Waals surface area contributed by atoms with E-state index in [0.29, 0.717) is 54.9 Å². The van der Waals surface area contributed by atoms with Gasteiger partial charge < -0.3 is 14.2 Å². The van der Waals surface area contributed by atoms with Crippen LogP contribution in [0.4, 0.5) is 0 Å². The molecule has 9 heteroatoms. The second-order valence-corrected chi connectivity index (χ2v) is 10.1. The summed E-state index contributed by atoms with van der Waals surface area (Å²) in [5.74, 6) is 0.686. The molecule has 0 fully saturated rings. The fraction of sp³-hybridized carbons (Fsp3) is 0.321. The molecule has 2 heterocycles. The van der Waals surface area contributed by atoms with Crippen molar-refractivity contribution in [3.05, 3.63) is 89.6 Å². The van der Waals surface area contributed by atoms with Crippen molar-refractivity contribution in [2.75, 3.05) is 13.2 Å². The Morgan fingerprint density at radius 3 is 2.62 bits per heavy atom. The Labute approximate surface area is 224 Å². The number of allylic oxidation sites excluding steroid dienone is 1. The molecule has 0 saturated heterocycles. The van der Waals surface area contributed by atoms with Crippen molar-refractivity contribution in [2.24, 2.45) is 4.99 Å². The van der Waals surface area contributed by atoms with Crippen LogP contribution in [0.1, 0.15) is 51.8 Å². The molecule has 7 nitrogen and oxygen atoms in total. The number of carbonyl (C=O) groups excluding carboxylic acids is 1. The van der Waals surface area contributed by atoms with Gasteiger partial charge in [0.25, 0.3) is 5.56 Å². The highest BCUT2D eigenvalue weighted by Gasteiger charge is 2.35. The van der Waals surface area contributed by atoms with Gasteiger partial charge in [0.15, 0.2) is 4.80 Å². The Hall–Kier alpha value is -3.36. The van der Waals surface area contributed by atoms with Crippen molar-refractivity contribution in [2.45, 2.75) is 46.8 Å². The Morgan fingerprint density at radius 1 is 1.16 bits per heavy atom. The van der Waals surface area contributed by atoms with Crippen LogP contribution < -0.4 is 24.4 Å². The lowest BCUT2D eigenvalue weighted by Gasteiger charge is -2.26. The summed E-state index contributed by atoms with van der Waals surface area (Å²) in [6.07, 6.45) is 1.64. The highest BCUT2D eigenvalue weighted by molar-refractivity contribution is 7.07. The Kier molecular flexibility index (Phi) is 8.19. The molecule has 0 N–H and O–H groups in total. The zero-order chi connectivity index (χ0) is 26.7. The van der Waals surface area contributed by atoms with Crippen molar-refractivity contribution >= 4 is 35.0 Å². The fourth-order valence-corrected chi connectivity index (χ4v) is 5.43. The average Bonchev–Trinajstić information content (AvgIpc) is 3.14. The first-order valence-corrected chi connectivity index (χ1v) is 13.3. The third kappa shape index (κ3) is 5.50. The van der Waals surface area contributed by atoms with E-state index in [2.05, 4.69) is 4.99 Å². The van der Waals surface area contributed by atoms with Gasteiger partial charge in [-0.3, -0.25) is 9.36 Å². The van der Waals surface area contributed by atoms with Gasteiger partial charge >= 0.3 is 5.97 Å². The molecule has 1 aliphatic heterocycles. The predicted octanol–water partition coefficient (Wildman–Crippen LogP) is 4.64. The monoisotopic (exact) mass is 540 g/mol. The first-order valence-electron chi connectivity index (χ1n) is 12.1.